The molecule has 0 aromatic carbocycles. The van der Waals surface area contributed by atoms with Gasteiger partial charge in [0.1, 0.15) is 0 Å². The monoisotopic (exact) mass is 302 g/mol. The molecule has 1 aliphatic carbocycles. The molecule has 120 valence electrons. The molecule has 0 aromatic rings. The van der Waals surface area contributed by atoms with E-state index in [0.717, 1.165) is 24.8 Å². The van der Waals surface area contributed by atoms with Gasteiger partial charge in [0.25, 0.3) is 0 Å². The topological polar surface area (TPSA) is 54.4 Å². The Morgan fingerprint density at radius 3 is 2.73 bits per heavy atom. The summed E-state index contributed by atoms with van der Waals surface area (Å²) in [6.45, 7) is 2.16. The van der Waals surface area contributed by atoms with Crippen LogP contribution in [-0.2, 0) is 9.59 Å². The van der Waals surface area contributed by atoms with Crippen molar-refractivity contribution in [2.75, 3.05) is 0 Å². The standard InChI is InChI=1S/C19H26O3/c1-2-3-4-5-9-12-17-16(14-15-18(17)20)11-8-6-7-10-13-19(21)22/h5-6,8-9,12,14-16H,2-4,7,10-11,13H2,1H3,(H,21,22)/b8-6-,9-5+,17-12-/t16-/m0/s1. The highest BCUT2D eigenvalue weighted by Gasteiger charge is 2.20. The molecule has 1 atom stereocenters. The Labute approximate surface area is 133 Å². The van der Waals surface area contributed by atoms with Crippen LogP contribution in [0.25, 0.3) is 0 Å². The number of hydrogen-bond acceptors (Lipinski definition) is 2. The van der Waals surface area contributed by atoms with Gasteiger partial charge in [-0.2, -0.15) is 0 Å². The van der Waals surface area contributed by atoms with Gasteiger partial charge in [-0.05, 0) is 31.8 Å². The zero-order chi connectivity index (χ0) is 16.2. The first kappa shape index (κ1) is 18.1. The molecule has 3 nitrogen and oxygen atoms in total. The van der Waals surface area contributed by atoms with Crippen LogP contribution in [0.4, 0.5) is 0 Å². The van der Waals surface area contributed by atoms with Gasteiger partial charge in [0.05, 0.1) is 0 Å². The summed E-state index contributed by atoms with van der Waals surface area (Å²) in [4.78, 5) is 22.2. The van der Waals surface area contributed by atoms with Crippen LogP contribution in [-0.4, -0.2) is 16.9 Å². The normalized spacial score (nSPS) is 20.0. The fourth-order valence-electron chi connectivity index (χ4n) is 2.32. The highest BCUT2D eigenvalue weighted by Crippen LogP contribution is 2.25. The third kappa shape index (κ3) is 7.21. The Hall–Kier alpha value is -1.90. The second-order valence-corrected chi connectivity index (χ2v) is 5.52. The van der Waals surface area contributed by atoms with E-state index in [9.17, 15) is 9.59 Å². The Bertz CT molecular complexity index is 481. The number of hydrogen-bond donors (Lipinski definition) is 1. The van der Waals surface area contributed by atoms with Crippen molar-refractivity contribution in [1.82, 2.24) is 0 Å². The van der Waals surface area contributed by atoms with Crippen LogP contribution < -0.4 is 0 Å². The summed E-state index contributed by atoms with van der Waals surface area (Å²) in [6, 6.07) is 0. The van der Waals surface area contributed by atoms with Crippen molar-refractivity contribution < 1.29 is 14.7 Å². The van der Waals surface area contributed by atoms with Crippen LogP contribution in [0, 0.1) is 5.92 Å². The lowest BCUT2D eigenvalue weighted by molar-refractivity contribution is -0.137. The molecule has 1 rings (SSSR count). The van der Waals surface area contributed by atoms with Crippen molar-refractivity contribution in [3.63, 3.8) is 0 Å². The summed E-state index contributed by atoms with van der Waals surface area (Å²) in [5.41, 5.74) is 0.850. The maximum atomic E-state index is 11.8. The molecule has 0 radical (unpaired) electrons. The molecule has 0 saturated carbocycles. The van der Waals surface area contributed by atoms with Crippen LogP contribution in [0.2, 0.25) is 0 Å². The van der Waals surface area contributed by atoms with Crippen LogP contribution in [0.1, 0.15) is 51.9 Å². The van der Waals surface area contributed by atoms with Gasteiger partial charge in [-0.1, -0.05) is 56.2 Å². The Morgan fingerprint density at radius 1 is 1.23 bits per heavy atom. The smallest absolute Gasteiger partial charge is 0.303 e. The number of rotatable bonds is 10. The minimum absolute atomic E-state index is 0.101. The molecule has 0 unspecified atom stereocenters. The summed E-state index contributed by atoms with van der Waals surface area (Å²) in [7, 11) is 0. The molecule has 0 aromatic heterocycles. The van der Waals surface area contributed by atoms with E-state index in [0.29, 0.717) is 6.42 Å². The van der Waals surface area contributed by atoms with E-state index in [1.165, 1.54) is 12.8 Å². The average molecular weight is 302 g/mol. The van der Waals surface area contributed by atoms with E-state index in [-0.39, 0.29) is 18.1 Å². The predicted molar refractivity (Wildman–Crippen MR) is 89.6 cm³/mol. The van der Waals surface area contributed by atoms with Crippen molar-refractivity contribution in [3.8, 4) is 0 Å². The van der Waals surface area contributed by atoms with E-state index in [4.69, 9.17) is 5.11 Å². The Morgan fingerprint density at radius 2 is 2.00 bits per heavy atom. The molecule has 0 aliphatic heterocycles. The van der Waals surface area contributed by atoms with Crippen molar-refractivity contribution in [2.45, 2.75) is 51.9 Å². The number of allylic oxidation sites excluding steroid dienone is 8. The molecule has 3 heteroatoms. The Balaban J connectivity index is 2.40. The van der Waals surface area contributed by atoms with E-state index in [2.05, 4.69) is 13.0 Å². The molecule has 0 saturated heterocycles. The summed E-state index contributed by atoms with van der Waals surface area (Å²) in [6.07, 6.45) is 19.5. The quantitative estimate of drug-likeness (QED) is 0.364. The van der Waals surface area contributed by atoms with E-state index in [1.807, 2.05) is 30.4 Å². The fourth-order valence-corrected chi connectivity index (χ4v) is 2.32. The third-order valence-electron chi connectivity index (χ3n) is 3.62. The van der Waals surface area contributed by atoms with Crippen molar-refractivity contribution in [1.29, 1.82) is 0 Å². The average Bonchev–Trinajstić information content (AvgIpc) is 2.83. The molecular weight excluding hydrogens is 276 g/mol. The van der Waals surface area contributed by atoms with Crippen molar-refractivity contribution in [2.24, 2.45) is 5.92 Å². The molecule has 0 amide bonds. The first-order chi connectivity index (χ1) is 10.6. The summed E-state index contributed by atoms with van der Waals surface area (Å²) in [5.74, 6) is -0.499. The first-order valence-electron chi connectivity index (χ1n) is 8.11. The lowest BCUT2D eigenvalue weighted by Crippen LogP contribution is -2.01. The van der Waals surface area contributed by atoms with E-state index < -0.39 is 5.97 Å². The molecule has 0 heterocycles. The van der Waals surface area contributed by atoms with Crippen molar-refractivity contribution >= 4 is 11.8 Å². The molecular formula is C19H26O3. The summed E-state index contributed by atoms with van der Waals surface area (Å²) in [5, 5.41) is 8.56. The first-order valence-corrected chi connectivity index (χ1v) is 8.11. The van der Waals surface area contributed by atoms with Gasteiger partial charge in [-0.25, -0.2) is 0 Å². The van der Waals surface area contributed by atoms with Crippen molar-refractivity contribution in [3.05, 3.63) is 48.1 Å². The van der Waals surface area contributed by atoms with Gasteiger partial charge in [0.15, 0.2) is 5.78 Å². The molecule has 1 N–H and O–H groups in total. The lowest BCUT2D eigenvalue weighted by atomic mass is 9.97. The number of unbranched alkanes of at least 4 members (excludes halogenated alkanes) is 3. The summed E-state index contributed by atoms with van der Waals surface area (Å²) < 4.78 is 0. The zero-order valence-electron chi connectivity index (χ0n) is 13.3. The number of carboxylic acids is 1. The van der Waals surface area contributed by atoms with Crippen LogP contribution in [0.15, 0.2) is 48.1 Å². The number of carbonyl (C=O) groups is 2. The van der Waals surface area contributed by atoms with Gasteiger partial charge in [-0.3, -0.25) is 9.59 Å². The third-order valence-corrected chi connectivity index (χ3v) is 3.62. The van der Waals surface area contributed by atoms with Gasteiger partial charge >= 0.3 is 5.97 Å². The minimum Gasteiger partial charge on any atom is -0.481 e. The minimum atomic E-state index is -0.752. The van der Waals surface area contributed by atoms with Gasteiger partial charge in [0, 0.05) is 17.9 Å². The SMILES string of the molecule is CCCC/C=C/C=C1\C(=O)C=C[C@@H]1C/C=C\CCCC(=O)O. The molecule has 0 spiro atoms. The number of aliphatic carboxylic acids is 1. The van der Waals surface area contributed by atoms with E-state index in [1.54, 1.807) is 6.08 Å². The largest absolute Gasteiger partial charge is 0.481 e. The maximum absolute atomic E-state index is 11.8. The molecule has 0 fully saturated rings. The highest BCUT2D eigenvalue weighted by atomic mass is 16.4. The number of carboxylic acid groups (broad SMARTS) is 1. The zero-order valence-corrected chi connectivity index (χ0v) is 13.3. The Kier molecular flexibility index (Phi) is 8.89. The molecule has 22 heavy (non-hydrogen) atoms. The second kappa shape index (κ2) is 10.8. The number of carbonyl (C=O) groups excluding carboxylic acids is 1. The maximum Gasteiger partial charge on any atom is 0.303 e. The van der Waals surface area contributed by atoms with Gasteiger partial charge in [0.2, 0.25) is 0 Å². The van der Waals surface area contributed by atoms with Gasteiger partial charge < -0.3 is 5.11 Å². The number of ketones is 1. The van der Waals surface area contributed by atoms with Crippen LogP contribution in [0.3, 0.4) is 0 Å². The summed E-state index contributed by atoms with van der Waals surface area (Å²) >= 11 is 0. The van der Waals surface area contributed by atoms with Gasteiger partial charge in [-0.15, -0.1) is 0 Å². The lowest BCUT2D eigenvalue weighted by Gasteiger charge is -2.06. The highest BCUT2D eigenvalue weighted by molar-refractivity contribution is 6.07. The predicted octanol–water partition coefficient (Wildman–Crippen LogP) is 4.62. The fraction of sp³-hybridized carbons (Fsp3) is 0.474. The molecule has 0 bridgehead atoms. The molecule has 1 aliphatic rings. The second-order valence-electron chi connectivity index (χ2n) is 5.52. The van der Waals surface area contributed by atoms with Crippen LogP contribution >= 0.6 is 0 Å². The van der Waals surface area contributed by atoms with Crippen LogP contribution in [0.5, 0.6) is 0 Å². The van der Waals surface area contributed by atoms with E-state index >= 15 is 0 Å².